The van der Waals surface area contributed by atoms with Crippen molar-refractivity contribution in [1.29, 1.82) is 0 Å². The zero-order valence-electron chi connectivity index (χ0n) is 9.27. The van der Waals surface area contributed by atoms with Gasteiger partial charge in [0.25, 0.3) is 5.56 Å². The van der Waals surface area contributed by atoms with Gasteiger partial charge < -0.3 is 5.21 Å². The predicted molar refractivity (Wildman–Crippen MR) is 62.8 cm³/mol. The summed E-state index contributed by atoms with van der Waals surface area (Å²) in [4.78, 5) is 11.7. The third kappa shape index (κ3) is 1.60. The number of aromatic nitrogens is 1. The van der Waals surface area contributed by atoms with Crippen LogP contribution in [-0.4, -0.2) is 9.94 Å². The Morgan fingerprint density at radius 2 is 1.75 bits per heavy atom. The molecule has 82 valence electrons. The first-order valence-corrected chi connectivity index (χ1v) is 5.09. The van der Waals surface area contributed by atoms with E-state index in [1.54, 1.807) is 6.92 Å². The van der Waals surface area contributed by atoms with E-state index in [0.717, 1.165) is 11.1 Å². The highest BCUT2D eigenvalue weighted by Gasteiger charge is 2.09. The number of benzene rings is 1. The second-order valence-electron chi connectivity index (χ2n) is 3.82. The Bertz CT molecular complexity index is 570. The summed E-state index contributed by atoms with van der Waals surface area (Å²) in [7, 11) is 0. The predicted octanol–water partition coefficient (Wildman–Crippen LogP) is 2.37. The highest BCUT2D eigenvalue weighted by molar-refractivity contribution is 5.60. The van der Waals surface area contributed by atoms with Gasteiger partial charge in [-0.05, 0) is 25.5 Å². The Balaban J connectivity index is 2.73. The first kappa shape index (κ1) is 10.5. The fourth-order valence-corrected chi connectivity index (χ4v) is 1.63. The molecule has 0 aliphatic carbocycles. The minimum atomic E-state index is -0.362. The van der Waals surface area contributed by atoms with Crippen LogP contribution < -0.4 is 5.56 Å². The van der Waals surface area contributed by atoms with E-state index in [-0.39, 0.29) is 5.56 Å². The van der Waals surface area contributed by atoms with Gasteiger partial charge in [-0.2, -0.15) is 0 Å². The Hall–Kier alpha value is -2.03. The summed E-state index contributed by atoms with van der Waals surface area (Å²) in [6.07, 6.45) is 0. The van der Waals surface area contributed by atoms with Crippen LogP contribution in [0.5, 0.6) is 0 Å². The summed E-state index contributed by atoms with van der Waals surface area (Å²) < 4.78 is 0.706. The number of nitrogens with zero attached hydrogens (tertiary/aromatic N) is 1. The van der Waals surface area contributed by atoms with Crippen LogP contribution in [0.25, 0.3) is 11.3 Å². The molecule has 0 aliphatic heterocycles. The van der Waals surface area contributed by atoms with Crippen molar-refractivity contribution in [2.24, 2.45) is 0 Å². The molecule has 0 amide bonds. The van der Waals surface area contributed by atoms with Crippen molar-refractivity contribution in [2.45, 2.75) is 13.8 Å². The highest BCUT2D eigenvalue weighted by atomic mass is 16.5. The minimum absolute atomic E-state index is 0.362. The Morgan fingerprint density at radius 3 is 2.38 bits per heavy atom. The van der Waals surface area contributed by atoms with Crippen LogP contribution in [0.4, 0.5) is 0 Å². The molecule has 0 bridgehead atoms. The van der Waals surface area contributed by atoms with Gasteiger partial charge in [0.05, 0.1) is 5.69 Å². The molecule has 3 heteroatoms. The van der Waals surface area contributed by atoms with Crippen molar-refractivity contribution in [3.05, 3.63) is 57.9 Å². The van der Waals surface area contributed by atoms with Crippen molar-refractivity contribution in [3.63, 3.8) is 0 Å². The van der Waals surface area contributed by atoms with Gasteiger partial charge in [-0.1, -0.05) is 30.3 Å². The fraction of sp³-hybridized carbons (Fsp3) is 0.154. The molecule has 16 heavy (non-hydrogen) atoms. The van der Waals surface area contributed by atoms with E-state index >= 15 is 0 Å². The molecule has 0 saturated carbocycles. The summed E-state index contributed by atoms with van der Waals surface area (Å²) in [5.74, 6) is 0. The maximum atomic E-state index is 11.7. The van der Waals surface area contributed by atoms with Crippen molar-refractivity contribution in [2.75, 3.05) is 0 Å². The molecule has 1 N–H and O–H groups in total. The average molecular weight is 215 g/mol. The first-order valence-electron chi connectivity index (χ1n) is 5.09. The standard InChI is InChI=1S/C13H13NO2/c1-9-8-12(11-6-4-3-5-7-11)14(16)13(15)10(9)2/h3-8,16H,1-2H3. The second kappa shape index (κ2) is 3.85. The van der Waals surface area contributed by atoms with Crippen molar-refractivity contribution < 1.29 is 5.21 Å². The Kier molecular flexibility index (Phi) is 2.52. The fourth-order valence-electron chi connectivity index (χ4n) is 1.63. The molecule has 0 saturated heterocycles. The van der Waals surface area contributed by atoms with E-state index in [4.69, 9.17) is 0 Å². The SMILES string of the molecule is Cc1cc(-c2ccccc2)n(O)c(=O)c1C. The van der Waals surface area contributed by atoms with Crippen LogP contribution in [0.2, 0.25) is 0 Å². The molecule has 0 fully saturated rings. The zero-order valence-corrected chi connectivity index (χ0v) is 9.27. The monoisotopic (exact) mass is 215 g/mol. The summed E-state index contributed by atoms with van der Waals surface area (Å²) >= 11 is 0. The summed E-state index contributed by atoms with van der Waals surface area (Å²) in [5.41, 5.74) is 2.44. The van der Waals surface area contributed by atoms with Gasteiger partial charge in [-0.15, -0.1) is 4.73 Å². The molecule has 1 aromatic heterocycles. The van der Waals surface area contributed by atoms with Crippen molar-refractivity contribution in [3.8, 4) is 11.3 Å². The van der Waals surface area contributed by atoms with Gasteiger partial charge in [0, 0.05) is 11.1 Å². The van der Waals surface area contributed by atoms with E-state index in [9.17, 15) is 10.0 Å². The molecule has 0 spiro atoms. The van der Waals surface area contributed by atoms with Crippen LogP contribution in [0.1, 0.15) is 11.1 Å². The number of rotatable bonds is 1. The molecule has 0 atom stereocenters. The number of hydrogen-bond donors (Lipinski definition) is 1. The van der Waals surface area contributed by atoms with E-state index in [1.807, 2.05) is 43.3 Å². The van der Waals surface area contributed by atoms with Gasteiger partial charge in [-0.25, -0.2) is 0 Å². The van der Waals surface area contributed by atoms with Crippen molar-refractivity contribution >= 4 is 0 Å². The van der Waals surface area contributed by atoms with E-state index < -0.39 is 0 Å². The van der Waals surface area contributed by atoms with Gasteiger partial charge in [0.1, 0.15) is 0 Å². The second-order valence-corrected chi connectivity index (χ2v) is 3.82. The molecule has 3 nitrogen and oxygen atoms in total. The topological polar surface area (TPSA) is 42.2 Å². The third-order valence-corrected chi connectivity index (χ3v) is 2.76. The number of aryl methyl sites for hydroxylation is 1. The van der Waals surface area contributed by atoms with Crippen LogP contribution in [0.3, 0.4) is 0 Å². The van der Waals surface area contributed by atoms with E-state index in [2.05, 4.69) is 0 Å². The number of pyridine rings is 1. The smallest absolute Gasteiger partial charge is 0.286 e. The quantitative estimate of drug-likeness (QED) is 0.742. The molecule has 1 heterocycles. The Labute approximate surface area is 93.6 Å². The summed E-state index contributed by atoms with van der Waals surface area (Å²) in [6.45, 7) is 3.57. The van der Waals surface area contributed by atoms with E-state index in [0.29, 0.717) is 16.0 Å². The lowest BCUT2D eigenvalue weighted by Gasteiger charge is -2.09. The van der Waals surface area contributed by atoms with Gasteiger partial charge >= 0.3 is 0 Å². The molecule has 0 unspecified atom stereocenters. The van der Waals surface area contributed by atoms with Gasteiger partial charge in [0.2, 0.25) is 0 Å². The maximum Gasteiger partial charge on any atom is 0.286 e. The lowest BCUT2D eigenvalue weighted by molar-refractivity contribution is 0.179. The van der Waals surface area contributed by atoms with Crippen LogP contribution >= 0.6 is 0 Å². The van der Waals surface area contributed by atoms with Gasteiger partial charge in [-0.3, -0.25) is 4.79 Å². The van der Waals surface area contributed by atoms with Crippen LogP contribution in [-0.2, 0) is 0 Å². The summed E-state index contributed by atoms with van der Waals surface area (Å²) in [5, 5.41) is 9.76. The largest absolute Gasteiger partial charge is 0.425 e. The van der Waals surface area contributed by atoms with Crippen LogP contribution in [0, 0.1) is 13.8 Å². The highest BCUT2D eigenvalue weighted by Crippen LogP contribution is 2.18. The molecular weight excluding hydrogens is 202 g/mol. The lowest BCUT2D eigenvalue weighted by atomic mass is 10.1. The molecule has 2 rings (SSSR count). The van der Waals surface area contributed by atoms with Crippen molar-refractivity contribution in [1.82, 2.24) is 4.73 Å². The van der Waals surface area contributed by atoms with Crippen LogP contribution in [0.15, 0.2) is 41.2 Å². The first-order chi connectivity index (χ1) is 7.61. The average Bonchev–Trinajstić information content (AvgIpc) is 2.32. The minimum Gasteiger partial charge on any atom is -0.425 e. The molecule has 2 aromatic rings. The van der Waals surface area contributed by atoms with E-state index in [1.165, 1.54) is 0 Å². The normalized spacial score (nSPS) is 10.4. The molecule has 0 radical (unpaired) electrons. The lowest BCUT2D eigenvalue weighted by Crippen LogP contribution is -2.22. The number of hydrogen-bond acceptors (Lipinski definition) is 2. The van der Waals surface area contributed by atoms with Gasteiger partial charge in [0.15, 0.2) is 0 Å². The molecular formula is C13H13NO2. The summed E-state index contributed by atoms with van der Waals surface area (Å²) in [6, 6.07) is 11.2. The Morgan fingerprint density at radius 1 is 1.12 bits per heavy atom. The zero-order chi connectivity index (χ0) is 11.7. The molecule has 1 aromatic carbocycles. The maximum absolute atomic E-state index is 11.7. The molecule has 0 aliphatic rings. The third-order valence-electron chi connectivity index (χ3n) is 2.76.